The molecule has 0 radical (unpaired) electrons. The van der Waals surface area contributed by atoms with Gasteiger partial charge in [0.15, 0.2) is 0 Å². The summed E-state index contributed by atoms with van der Waals surface area (Å²) in [6.07, 6.45) is 1.95. The number of carbonyl (C=O) groups excluding carboxylic acids is 1. The molecule has 1 aliphatic rings. The smallest absolute Gasteiger partial charge is 0.251 e. The van der Waals surface area contributed by atoms with Gasteiger partial charge in [-0.2, -0.15) is 0 Å². The van der Waals surface area contributed by atoms with E-state index in [0.29, 0.717) is 10.0 Å². The zero-order valence-corrected chi connectivity index (χ0v) is 11.6. The Balaban J connectivity index is 2.14. The summed E-state index contributed by atoms with van der Waals surface area (Å²) < 4.78 is 13.7. The fourth-order valence-electron chi connectivity index (χ4n) is 1.44. The Bertz CT molecular complexity index is 412. The van der Waals surface area contributed by atoms with E-state index in [1.165, 1.54) is 12.1 Å². The Morgan fingerprint density at radius 2 is 2.12 bits per heavy atom. The normalized spacial score (nSPS) is 16.9. The van der Waals surface area contributed by atoms with E-state index in [0.717, 1.165) is 18.2 Å². The first-order valence-corrected chi connectivity index (χ1v) is 6.81. The predicted molar refractivity (Wildman–Crippen MR) is 67.3 cm³/mol. The molecular weight excluding hydrogens is 341 g/mol. The molecule has 1 aromatic rings. The average Bonchev–Trinajstić information content (AvgIpc) is 2.97. The summed E-state index contributed by atoms with van der Waals surface area (Å²) in [4.78, 5) is 11.8. The van der Waals surface area contributed by atoms with Gasteiger partial charge in [0.25, 0.3) is 5.91 Å². The fraction of sp³-hybridized carbons (Fsp3) is 0.364. The average molecular weight is 351 g/mol. The molecule has 0 spiro atoms. The van der Waals surface area contributed by atoms with Gasteiger partial charge in [0.2, 0.25) is 0 Å². The molecule has 1 saturated carbocycles. The molecule has 0 aromatic heterocycles. The number of hydrogen-bond acceptors (Lipinski definition) is 1. The van der Waals surface area contributed by atoms with E-state index in [1.54, 1.807) is 6.07 Å². The third-order valence-electron chi connectivity index (χ3n) is 2.61. The van der Waals surface area contributed by atoms with Crippen molar-refractivity contribution in [1.29, 1.82) is 0 Å². The van der Waals surface area contributed by atoms with E-state index in [9.17, 15) is 9.18 Å². The van der Waals surface area contributed by atoms with Gasteiger partial charge in [0, 0.05) is 15.4 Å². The first kappa shape index (κ1) is 12.0. The van der Waals surface area contributed by atoms with Crippen LogP contribution in [-0.4, -0.2) is 16.8 Å². The zero-order chi connectivity index (χ0) is 11.8. The van der Waals surface area contributed by atoms with Crippen molar-refractivity contribution < 1.29 is 9.18 Å². The van der Waals surface area contributed by atoms with E-state index < -0.39 is 5.82 Å². The highest BCUT2D eigenvalue weighted by atomic mass is 79.9. The van der Waals surface area contributed by atoms with Crippen LogP contribution >= 0.6 is 31.9 Å². The second-order valence-electron chi connectivity index (χ2n) is 4.03. The molecule has 0 saturated heterocycles. The minimum absolute atomic E-state index is 0.115. The quantitative estimate of drug-likeness (QED) is 0.833. The van der Waals surface area contributed by atoms with Crippen LogP contribution in [0.15, 0.2) is 22.7 Å². The molecule has 0 bridgehead atoms. The van der Waals surface area contributed by atoms with Gasteiger partial charge >= 0.3 is 0 Å². The van der Waals surface area contributed by atoms with Gasteiger partial charge in [-0.05, 0) is 31.0 Å². The second-order valence-corrected chi connectivity index (χ2v) is 5.50. The lowest BCUT2D eigenvalue weighted by molar-refractivity contribution is 0.0936. The highest BCUT2D eigenvalue weighted by Gasteiger charge is 2.43. The van der Waals surface area contributed by atoms with E-state index in [1.807, 2.05) is 0 Å². The maximum atomic E-state index is 13.1. The van der Waals surface area contributed by atoms with E-state index >= 15 is 0 Å². The topological polar surface area (TPSA) is 29.1 Å². The maximum absolute atomic E-state index is 13.1. The predicted octanol–water partition coefficient (Wildman–Crippen LogP) is 3.25. The van der Waals surface area contributed by atoms with Crippen LogP contribution < -0.4 is 5.32 Å². The first-order valence-electron chi connectivity index (χ1n) is 4.89. The molecule has 2 nitrogen and oxygen atoms in total. The SMILES string of the molecule is O=C(NC1(CBr)CC1)c1cc(F)cc(Br)c1. The summed E-state index contributed by atoms with van der Waals surface area (Å²) >= 11 is 6.53. The van der Waals surface area contributed by atoms with Crippen LogP contribution in [0, 0.1) is 5.82 Å². The molecule has 0 aliphatic heterocycles. The van der Waals surface area contributed by atoms with Gasteiger partial charge in [-0.25, -0.2) is 4.39 Å². The Labute approximate surface area is 110 Å². The van der Waals surface area contributed by atoms with Gasteiger partial charge in [-0.3, -0.25) is 4.79 Å². The molecule has 5 heteroatoms. The highest BCUT2D eigenvalue weighted by Crippen LogP contribution is 2.37. The monoisotopic (exact) mass is 349 g/mol. The molecule has 1 fully saturated rings. The summed E-state index contributed by atoms with van der Waals surface area (Å²) in [5.41, 5.74) is 0.231. The largest absolute Gasteiger partial charge is 0.346 e. The van der Waals surface area contributed by atoms with Crippen LogP contribution in [0.5, 0.6) is 0 Å². The van der Waals surface area contributed by atoms with Crippen molar-refractivity contribution in [3.63, 3.8) is 0 Å². The third-order valence-corrected chi connectivity index (χ3v) is 4.14. The Morgan fingerprint density at radius 1 is 1.44 bits per heavy atom. The number of amides is 1. The highest BCUT2D eigenvalue weighted by molar-refractivity contribution is 9.10. The number of halogens is 3. The van der Waals surface area contributed by atoms with Gasteiger partial charge in [-0.15, -0.1) is 0 Å². The van der Waals surface area contributed by atoms with Gasteiger partial charge in [0.05, 0.1) is 5.54 Å². The van der Waals surface area contributed by atoms with Gasteiger partial charge < -0.3 is 5.32 Å². The lowest BCUT2D eigenvalue weighted by Crippen LogP contribution is -2.38. The lowest BCUT2D eigenvalue weighted by Gasteiger charge is -2.14. The standard InChI is InChI=1S/C11H10Br2FNO/c12-6-11(1-2-11)15-10(16)7-3-8(13)5-9(14)4-7/h3-5H,1-2,6H2,(H,15,16). The molecule has 0 heterocycles. The molecule has 2 rings (SSSR count). The van der Waals surface area contributed by atoms with Crippen LogP contribution in [-0.2, 0) is 0 Å². The van der Waals surface area contributed by atoms with Gasteiger partial charge in [0.1, 0.15) is 5.82 Å². The summed E-state index contributed by atoms with van der Waals surface area (Å²) in [6, 6.07) is 4.18. The minimum atomic E-state index is -0.414. The summed E-state index contributed by atoms with van der Waals surface area (Å²) in [6.45, 7) is 0. The third kappa shape index (κ3) is 2.63. The van der Waals surface area contributed by atoms with Crippen LogP contribution in [0.4, 0.5) is 4.39 Å². The summed E-state index contributed by atoms with van der Waals surface area (Å²) in [7, 11) is 0. The molecule has 0 atom stereocenters. The number of carbonyl (C=O) groups is 1. The Morgan fingerprint density at radius 3 is 2.62 bits per heavy atom. The number of alkyl halides is 1. The number of hydrogen-bond donors (Lipinski definition) is 1. The Hall–Kier alpha value is -0.420. The van der Waals surface area contributed by atoms with Crippen molar-refractivity contribution in [2.45, 2.75) is 18.4 Å². The Kier molecular flexibility index (Phi) is 3.35. The minimum Gasteiger partial charge on any atom is -0.346 e. The van der Waals surface area contributed by atoms with Gasteiger partial charge in [-0.1, -0.05) is 31.9 Å². The molecule has 16 heavy (non-hydrogen) atoms. The summed E-state index contributed by atoms with van der Waals surface area (Å²) in [5, 5.41) is 3.65. The fourth-order valence-corrected chi connectivity index (χ4v) is 2.61. The first-order chi connectivity index (χ1) is 7.54. The molecule has 0 unspecified atom stereocenters. The van der Waals surface area contributed by atoms with Crippen LogP contribution in [0.2, 0.25) is 0 Å². The van der Waals surface area contributed by atoms with Crippen molar-refractivity contribution in [2.24, 2.45) is 0 Å². The molecule has 1 amide bonds. The molecule has 86 valence electrons. The lowest BCUT2D eigenvalue weighted by atomic mass is 10.2. The number of nitrogens with one attached hydrogen (secondary N) is 1. The summed E-state index contributed by atoms with van der Waals surface area (Å²) in [5.74, 6) is -0.639. The number of rotatable bonds is 3. The van der Waals surface area contributed by atoms with E-state index in [2.05, 4.69) is 37.2 Å². The zero-order valence-electron chi connectivity index (χ0n) is 8.40. The van der Waals surface area contributed by atoms with Crippen molar-refractivity contribution in [3.8, 4) is 0 Å². The maximum Gasteiger partial charge on any atom is 0.251 e. The van der Waals surface area contributed by atoms with E-state index in [-0.39, 0.29) is 11.4 Å². The molecule has 1 aliphatic carbocycles. The number of benzene rings is 1. The van der Waals surface area contributed by atoms with E-state index in [4.69, 9.17) is 0 Å². The van der Waals surface area contributed by atoms with Crippen LogP contribution in [0.1, 0.15) is 23.2 Å². The second kappa shape index (κ2) is 4.45. The molecule has 1 aromatic carbocycles. The van der Waals surface area contributed by atoms with Crippen LogP contribution in [0.3, 0.4) is 0 Å². The molecule has 1 N–H and O–H groups in total. The van der Waals surface area contributed by atoms with Crippen molar-refractivity contribution in [1.82, 2.24) is 5.32 Å². The molecular formula is C11H10Br2FNO. The van der Waals surface area contributed by atoms with Crippen LogP contribution in [0.25, 0.3) is 0 Å². The van der Waals surface area contributed by atoms with Crippen molar-refractivity contribution >= 4 is 37.8 Å². The van der Waals surface area contributed by atoms with Crippen molar-refractivity contribution in [2.75, 3.05) is 5.33 Å². The van der Waals surface area contributed by atoms with Crippen molar-refractivity contribution in [3.05, 3.63) is 34.1 Å².